The maximum atomic E-state index is 6.35. The van der Waals surface area contributed by atoms with E-state index in [1.807, 2.05) is 78.9 Å². The Labute approximate surface area is 546 Å². The number of para-hydroxylation sites is 4. The second-order valence-electron chi connectivity index (χ2n) is 24.9. The lowest BCUT2D eigenvalue weighted by atomic mass is 9.94. The number of hydrogen-bond acceptors (Lipinski definition) is 10. The number of aromatic nitrogens is 10. The molecule has 0 bridgehead atoms. The van der Waals surface area contributed by atoms with Crippen LogP contribution in [0.4, 0.5) is 0 Å². The summed E-state index contributed by atoms with van der Waals surface area (Å²) in [6, 6.07) is 97.1. The van der Waals surface area contributed by atoms with Crippen molar-refractivity contribution in [3.05, 3.63) is 313 Å². The maximum Gasteiger partial charge on any atom is 0.238 e. The molecule has 0 spiro atoms. The van der Waals surface area contributed by atoms with Gasteiger partial charge in [-0.05, 0) is 123 Å². The first-order valence-corrected chi connectivity index (χ1v) is 32.2. The molecule has 446 valence electrons. The highest BCUT2D eigenvalue weighted by molar-refractivity contribution is 6.19. The largest absolute Gasteiger partial charge is 0.456 e. The van der Waals surface area contributed by atoms with Gasteiger partial charge in [0.25, 0.3) is 0 Å². The minimum Gasteiger partial charge on any atom is -0.456 e. The summed E-state index contributed by atoms with van der Waals surface area (Å²) in [7, 11) is 0. The van der Waals surface area contributed by atoms with Crippen molar-refractivity contribution in [3.63, 3.8) is 0 Å². The number of hydrogen-bond donors (Lipinski definition) is 0. The van der Waals surface area contributed by atoms with Gasteiger partial charge in [-0.3, -0.25) is 9.13 Å². The maximum absolute atomic E-state index is 6.35. The lowest BCUT2D eigenvalue weighted by Gasteiger charge is -2.18. The Hall–Kier alpha value is -13.1. The molecule has 7 heterocycles. The van der Waals surface area contributed by atoms with Crippen molar-refractivity contribution in [2.75, 3.05) is 0 Å². The average molecular weight is 1230 g/mol. The van der Waals surface area contributed by atoms with E-state index in [4.69, 9.17) is 48.7 Å². The third-order valence-electron chi connectivity index (χ3n) is 19.6. The van der Waals surface area contributed by atoms with Crippen LogP contribution in [0.3, 0.4) is 0 Å². The monoisotopic (exact) mass is 1230 g/mol. The van der Waals surface area contributed by atoms with Gasteiger partial charge in [0.15, 0.2) is 5.82 Å². The van der Waals surface area contributed by atoms with Crippen molar-refractivity contribution >= 4 is 87.5 Å². The topological polar surface area (TPSA) is 139 Å². The number of furan rings is 2. The summed E-state index contributed by atoms with van der Waals surface area (Å²) < 4.78 is 17.1. The molecule has 2 aliphatic carbocycles. The Morgan fingerprint density at radius 3 is 1.11 bits per heavy atom. The van der Waals surface area contributed by atoms with Crippen LogP contribution in [0.2, 0.25) is 0 Å². The van der Waals surface area contributed by atoms with Crippen molar-refractivity contribution in [2.45, 2.75) is 11.8 Å². The van der Waals surface area contributed by atoms with E-state index in [1.54, 1.807) is 0 Å². The molecule has 19 aromatic rings. The summed E-state index contributed by atoms with van der Waals surface area (Å²) in [5.74, 6) is 2.74. The fourth-order valence-corrected chi connectivity index (χ4v) is 15.4. The van der Waals surface area contributed by atoms with E-state index in [0.717, 1.165) is 160 Å². The first-order valence-electron chi connectivity index (χ1n) is 32.2. The predicted molar refractivity (Wildman–Crippen MR) is 379 cm³/mol. The van der Waals surface area contributed by atoms with Crippen LogP contribution in [0.15, 0.2) is 288 Å². The van der Waals surface area contributed by atoms with Gasteiger partial charge in [-0.2, -0.15) is 9.97 Å². The molecule has 0 saturated heterocycles. The van der Waals surface area contributed by atoms with Gasteiger partial charge in [-0.15, -0.1) is 0 Å². The van der Waals surface area contributed by atoms with E-state index in [-0.39, 0.29) is 11.8 Å². The van der Waals surface area contributed by atoms with Gasteiger partial charge in [0, 0.05) is 59.8 Å². The molecule has 0 amide bonds. The summed E-state index contributed by atoms with van der Waals surface area (Å²) in [5.41, 5.74) is 20.4. The molecular weight excluding hydrogens is 1180 g/mol. The van der Waals surface area contributed by atoms with Gasteiger partial charge in [0.05, 0.1) is 45.3 Å². The van der Waals surface area contributed by atoms with Gasteiger partial charge < -0.3 is 8.83 Å². The SMILES string of the molecule is c1ccc(-c2nc(-c3nc(C4c5ccccc5-c5ccccc54)nc(C4c5ccccc5-c5ccccc54)n3)nc(-n3c4ccccc4c4cc5c(cc43)c3ccccc3n5-c3nc(-c4ccc5oc6ccccc6c5c4)cc(-c4ccc5oc6ccccc6c5c4)n3)n2)cc1. The Kier molecular flexibility index (Phi) is 11.1. The van der Waals surface area contributed by atoms with E-state index in [2.05, 4.69) is 209 Å². The molecule has 96 heavy (non-hydrogen) atoms. The smallest absolute Gasteiger partial charge is 0.238 e. The summed E-state index contributed by atoms with van der Waals surface area (Å²) in [4.78, 5) is 44.2. The molecule has 0 aliphatic heterocycles. The van der Waals surface area contributed by atoms with Crippen molar-refractivity contribution in [3.8, 4) is 79.7 Å². The Morgan fingerprint density at radius 1 is 0.240 bits per heavy atom. The van der Waals surface area contributed by atoms with E-state index in [1.165, 1.54) is 0 Å². The first-order chi connectivity index (χ1) is 47.6. The molecule has 0 saturated carbocycles. The fourth-order valence-electron chi connectivity index (χ4n) is 15.4. The normalized spacial score (nSPS) is 12.9. The Bertz CT molecular complexity index is 6180. The van der Waals surface area contributed by atoms with Gasteiger partial charge >= 0.3 is 0 Å². The third kappa shape index (κ3) is 7.83. The van der Waals surface area contributed by atoms with Gasteiger partial charge in [0.2, 0.25) is 23.5 Å². The standard InChI is InChI=1S/C84H48N10O2/c1-2-20-47(21-3-1)78-87-82(81-89-79(76-58-30-8-4-22-50(58)51-23-5-9-31-59(51)76)88-80(90-81)77-60-32-10-6-24-52(60)53-25-7-11-33-61(53)77)92-84(91-78)94-69-35-17-13-27-55(69)63-44-70-62(45-71(63)94)54-26-12-16-34-68(54)93(70)83-85-66(48-38-40-74-64(42-48)56-28-14-18-36-72(56)95-74)46-67(86-83)49-39-41-75-65(43-49)57-29-15-19-37-73(57)96-75/h1-46,76-77H. The van der Waals surface area contributed by atoms with Crippen molar-refractivity contribution in [1.82, 2.24) is 49.0 Å². The zero-order chi connectivity index (χ0) is 62.7. The van der Waals surface area contributed by atoms with Gasteiger partial charge in [0.1, 0.15) is 34.0 Å². The van der Waals surface area contributed by atoms with Crippen molar-refractivity contribution < 1.29 is 8.83 Å². The number of rotatable bonds is 8. The minimum absolute atomic E-state index is 0.291. The second-order valence-corrected chi connectivity index (χ2v) is 24.9. The molecule has 0 N–H and O–H groups in total. The molecule has 12 nitrogen and oxygen atoms in total. The zero-order valence-electron chi connectivity index (χ0n) is 51.0. The van der Waals surface area contributed by atoms with Crippen LogP contribution >= 0.6 is 0 Å². The van der Waals surface area contributed by atoms with Gasteiger partial charge in [-0.25, -0.2) is 29.9 Å². The van der Waals surface area contributed by atoms with E-state index in [9.17, 15) is 0 Å². The number of fused-ring (bicyclic) bond motifs is 18. The van der Waals surface area contributed by atoms with Crippen molar-refractivity contribution in [1.29, 1.82) is 0 Å². The first kappa shape index (κ1) is 52.6. The molecule has 0 atom stereocenters. The third-order valence-corrected chi connectivity index (χ3v) is 19.6. The molecule has 12 heteroatoms. The molecule has 0 fully saturated rings. The number of nitrogens with zero attached hydrogens (tertiary/aromatic N) is 10. The van der Waals surface area contributed by atoms with E-state index >= 15 is 0 Å². The van der Waals surface area contributed by atoms with E-state index in [0.29, 0.717) is 41.0 Å². The lowest BCUT2D eigenvalue weighted by molar-refractivity contribution is 0.668. The van der Waals surface area contributed by atoms with Crippen LogP contribution in [0.5, 0.6) is 0 Å². The lowest BCUT2D eigenvalue weighted by Crippen LogP contribution is -2.15. The van der Waals surface area contributed by atoms with Crippen LogP contribution in [0.25, 0.3) is 167 Å². The summed E-state index contributed by atoms with van der Waals surface area (Å²) in [6.07, 6.45) is 0. The van der Waals surface area contributed by atoms with Gasteiger partial charge in [-0.1, -0.05) is 200 Å². The highest BCUT2D eigenvalue weighted by Crippen LogP contribution is 2.51. The second kappa shape index (κ2) is 20.2. The Balaban J connectivity index is 0.793. The van der Waals surface area contributed by atoms with E-state index < -0.39 is 0 Å². The molecule has 0 radical (unpaired) electrons. The van der Waals surface area contributed by atoms with Crippen LogP contribution in [-0.4, -0.2) is 49.0 Å². The zero-order valence-corrected chi connectivity index (χ0v) is 51.0. The molecule has 2 aliphatic rings. The highest BCUT2D eigenvalue weighted by Gasteiger charge is 2.37. The summed E-state index contributed by atoms with van der Waals surface area (Å²) >= 11 is 0. The van der Waals surface area contributed by atoms with Crippen LogP contribution in [-0.2, 0) is 0 Å². The molecule has 7 aromatic heterocycles. The average Bonchev–Trinajstić information content (AvgIpc) is 1.40. The molecular formula is C84H48N10O2. The molecule has 0 unspecified atom stereocenters. The van der Waals surface area contributed by atoms with Crippen LogP contribution in [0.1, 0.15) is 45.7 Å². The van der Waals surface area contributed by atoms with Crippen LogP contribution < -0.4 is 0 Å². The predicted octanol–water partition coefficient (Wildman–Crippen LogP) is 19.8. The number of benzene rings is 12. The van der Waals surface area contributed by atoms with Crippen molar-refractivity contribution in [2.24, 2.45) is 0 Å². The summed E-state index contributed by atoms with van der Waals surface area (Å²) in [5, 5.41) is 8.12. The summed E-state index contributed by atoms with van der Waals surface area (Å²) in [6.45, 7) is 0. The fraction of sp³-hybridized carbons (Fsp3) is 0.0238. The highest BCUT2D eigenvalue weighted by atomic mass is 16.3. The Morgan fingerprint density at radius 2 is 0.625 bits per heavy atom. The minimum atomic E-state index is -0.291. The molecule has 12 aromatic carbocycles. The quantitative estimate of drug-likeness (QED) is 0.144. The van der Waals surface area contributed by atoms with Crippen LogP contribution in [0, 0.1) is 0 Å². The molecule has 21 rings (SSSR count).